The number of nitrogens with zero attached hydrogens (tertiary/aromatic N) is 1. The molecule has 2 atom stereocenters. The Morgan fingerprint density at radius 2 is 1.71 bits per heavy atom. The van der Waals surface area contributed by atoms with Crippen LogP contribution in [0.3, 0.4) is 0 Å². The minimum Gasteiger partial charge on any atom is -0.388 e. The van der Waals surface area contributed by atoms with E-state index in [1.807, 2.05) is 43.3 Å². The van der Waals surface area contributed by atoms with E-state index in [2.05, 4.69) is 29.4 Å². The van der Waals surface area contributed by atoms with Crippen LogP contribution in [0.2, 0.25) is 0 Å². The van der Waals surface area contributed by atoms with Crippen molar-refractivity contribution in [1.82, 2.24) is 0 Å². The summed E-state index contributed by atoms with van der Waals surface area (Å²) >= 11 is 0. The Balaban J connectivity index is 1.59. The predicted molar refractivity (Wildman–Crippen MR) is 96.9 cm³/mol. The van der Waals surface area contributed by atoms with Gasteiger partial charge < -0.3 is 9.57 Å². The van der Waals surface area contributed by atoms with Gasteiger partial charge in [-0.15, -0.1) is 0 Å². The fourth-order valence-corrected chi connectivity index (χ4v) is 2.95. The fraction of sp³-hybridized carbons (Fsp3) is 0.381. The van der Waals surface area contributed by atoms with Crippen molar-refractivity contribution in [2.75, 3.05) is 0 Å². The van der Waals surface area contributed by atoms with E-state index in [9.17, 15) is 0 Å². The zero-order valence-electron chi connectivity index (χ0n) is 14.2. The summed E-state index contributed by atoms with van der Waals surface area (Å²) in [4.78, 5) is 5.76. The van der Waals surface area contributed by atoms with Crippen LogP contribution in [0.1, 0.15) is 49.8 Å². The third-order valence-electron chi connectivity index (χ3n) is 4.41. The van der Waals surface area contributed by atoms with Crippen molar-refractivity contribution in [3.8, 4) is 0 Å². The maximum Gasteiger partial charge on any atom is 0.149 e. The van der Waals surface area contributed by atoms with Gasteiger partial charge in [0.25, 0.3) is 0 Å². The fourth-order valence-electron chi connectivity index (χ4n) is 2.95. The quantitative estimate of drug-likeness (QED) is 0.677. The number of hydrogen-bond acceptors (Lipinski definition) is 3. The molecule has 0 saturated heterocycles. The van der Waals surface area contributed by atoms with Crippen molar-refractivity contribution in [3.63, 3.8) is 0 Å². The summed E-state index contributed by atoms with van der Waals surface area (Å²) in [5.74, 6) is 0. The van der Waals surface area contributed by atoms with Gasteiger partial charge in [0, 0.05) is 0 Å². The summed E-state index contributed by atoms with van der Waals surface area (Å²) in [6, 6.07) is 20.5. The number of ether oxygens (including phenoxy) is 1. The zero-order chi connectivity index (χ0) is 16.6. The van der Waals surface area contributed by atoms with Crippen LogP contribution in [0, 0.1) is 0 Å². The van der Waals surface area contributed by atoms with Gasteiger partial charge in [0.1, 0.15) is 6.10 Å². The molecule has 0 amide bonds. The topological polar surface area (TPSA) is 30.8 Å². The molecule has 3 rings (SSSR count). The molecule has 0 N–H and O–H groups in total. The molecule has 2 aromatic carbocycles. The number of benzene rings is 2. The summed E-state index contributed by atoms with van der Waals surface area (Å²) in [6.45, 7) is 2.65. The first-order chi connectivity index (χ1) is 11.8. The first-order valence-corrected chi connectivity index (χ1v) is 8.76. The standard InChI is InChI=1S/C21H25NO2/c1-17(19-12-6-3-7-13-19)24-22-20-14-8-9-15-21(20)23-16-18-10-4-2-5-11-18/h2-7,10-13,17,21H,8-9,14-16H2,1H3/b22-20+/t17-,21?/m1/s1. The molecule has 1 aliphatic rings. The molecule has 3 heteroatoms. The van der Waals surface area contributed by atoms with Crippen molar-refractivity contribution in [3.05, 3.63) is 71.8 Å². The van der Waals surface area contributed by atoms with Crippen molar-refractivity contribution >= 4 is 5.71 Å². The van der Waals surface area contributed by atoms with Crippen molar-refractivity contribution in [1.29, 1.82) is 0 Å². The number of hydrogen-bond donors (Lipinski definition) is 0. The molecule has 3 nitrogen and oxygen atoms in total. The molecule has 0 heterocycles. The zero-order valence-corrected chi connectivity index (χ0v) is 14.2. The Bertz CT molecular complexity index is 639. The van der Waals surface area contributed by atoms with Crippen LogP contribution in [0.15, 0.2) is 65.8 Å². The smallest absolute Gasteiger partial charge is 0.149 e. The third kappa shape index (κ3) is 4.68. The van der Waals surface area contributed by atoms with Gasteiger partial charge in [0.2, 0.25) is 0 Å². The molecule has 0 radical (unpaired) electrons. The van der Waals surface area contributed by atoms with Crippen LogP contribution < -0.4 is 0 Å². The van der Waals surface area contributed by atoms with Crippen LogP contribution in [-0.4, -0.2) is 11.8 Å². The molecule has 1 saturated carbocycles. The minimum atomic E-state index is -0.0459. The van der Waals surface area contributed by atoms with Gasteiger partial charge in [0.05, 0.1) is 18.4 Å². The van der Waals surface area contributed by atoms with E-state index in [1.165, 1.54) is 12.0 Å². The highest BCUT2D eigenvalue weighted by Gasteiger charge is 2.22. The first-order valence-electron chi connectivity index (χ1n) is 8.76. The van der Waals surface area contributed by atoms with E-state index >= 15 is 0 Å². The lowest BCUT2D eigenvalue weighted by molar-refractivity contribution is 0.0482. The van der Waals surface area contributed by atoms with E-state index in [4.69, 9.17) is 9.57 Å². The van der Waals surface area contributed by atoms with E-state index in [0.717, 1.165) is 30.5 Å². The molecule has 0 bridgehead atoms. The monoisotopic (exact) mass is 323 g/mol. The highest BCUT2D eigenvalue weighted by molar-refractivity contribution is 5.88. The lowest BCUT2D eigenvalue weighted by atomic mass is 9.95. The van der Waals surface area contributed by atoms with Gasteiger partial charge in [0.15, 0.2) is 0 Å². The number of oxime groups is 1. The second kappa shape index (κ2) is 8.65. The summed E-state index contributed by atoms with van der Waals surface area (Å²) in [5.41, 5.74) is 3.38. The molecule has 2 aromatic rings. The molecule has 0 spiro atoms. The largest absolute Gasteiger partial charge is 0.388 e. The minimum absolute atomic E-state index is 0.0459. The summed E-state index contributed by atoms with van der Waals surface area (Å²) < 4.78 is 6.11. The average Bonchev–Trinajstić information content (AvgIpc) is 2.66. The maximum atomic E-state index is 6.11. The van der Waals surface area contributed by atoms with Gasteiger partial charge in [-0.05, 0) is 37.3 Å². The van der Waals surface area contributed by atoms with E-state index in [1.54, 1.807) is 0 Å². The molecule has 0 aromatic heterocycles. The first kappa shape index (κ1) is 16.7. The van der Waals surface area contributed by atoms with Crippen LogP contribution in [0.5, 0.6) is 0 Å². The normalized spacial score (nSPS) is 20.7. The predicted octanol–water partition coefficient (Wildman–Crippen LogP) is 5.28. The van der Waals surface area contributed by atoms with Crippen LogP contribution >= 0.6 is 0 Å². The molecule has 24 heavy (non-hydrogen) atoms. The van der Waals surface area contributed by atoms with Crippen LogP contribution in [-0.2, 0) is 16.2 Å². The van der Waals surface area contributed by atoms with Crippen molar-refractivity contribution in [2.24, 2.45) is 5.16 Å². The summed E-state index contributed by atoms with van der Waals surface area (Å²) in [6.07, 6.45) is 4.35. The molecular weight excluding hydrogens is 298 g/mol. The van der Waals surface area contributed by atoms with Gasteiger partial charge >= 0.3 is 0 Å². The average molecular weight is 323 g/mol. The lowest BCUT2D eigenvalue weighted by Crippen LogP contribution is -2.28. The Hall–Kier alpha value is -2.13. The summed E-state index contributed by atoms with van der Waals surface area (Å²) in [5, 5.41) is 4.44. The second-order valence-electron chi connectivity index (χ2n) is 6.27. The van der Waals surface area contributed by atoms with Crippen LogP contribution in [0.25, 0.3) is 0 Å². The van der Waals surface area contributed by atoms with Gasteiger partial charge in [-0.2, -0.15) is 0 Å². The number of rotatable bonds is 6. The van der Waals surface area contributed by atoms with Gasteiger partial charge in [-0.25, -0.2) is 0 Å². The van der Waals surface area contributed by atoms with Crippen molar-refractivity contribution < 1.29 is 9.57 Å². The SMILES string of the molecule is C[C@@H](O/N=C1\CCCCC1OCc1ccccc1)c1ccccc1. The highest BCUT2D eigenvalue weighted by Crippen LogP contribution is 2.22. The van der Waals surface area contributed by atoms with Gasteiger partial charge in [-0.3, -0.25) is 0 Å². The Kier molecular flexibility index (Phi) is 6.02. The Morgan fingerprint density at radius 1 is 1.00 bits per heavy atom. The summed E-state index contributed by atoms with van der Waals surface area (Å²) in [7, 11) is 0. The maximum absolute atomic E-state index is 6.11. The third-order valence-corrected chi connectivity index (χ3v) is 4.41. The van der Waals surface area contributed by atoms with E-state index in [-0.39, 0.29) is 12.2 Å². The Morgan fingerprint density at radius 3 is 2.46 bits per heavy atom. The molecular formula is C21H25NO2. The molecule has 1 fully saturated rings. The van der Waals surface area contributed by atoms with E-state index in [0.29, 0.717) is 6.61 Å². The molecule has 1 aliphatic carbocycles. The lowest BCUT2D eigenvalue weighted by Gasteiger charge is -2.24. The Labute approximate surface area is 144 Å². The molecule has 1 unspecified atom stereocenters. The van der Waals surface area contributed by atoms with Crippen molar-refractivity contribution in [2.45, 2.75) is 51.4 Å². The molecule has 126 valence electrons. The van der Waals surface area contributed by atoms with E-state index < -0.39 is 0 Å². The molecule has 0 aliphatic heterocycles. The van der Waals surface area contributed by atoms with Crippen LogP contribution in [0.4, 0.5) is 0 Å². The second-order valence-corrected chi connectivity index (χ2v) is 6.27. The van der Waals surface area contributed by atoms with Gasteiger partial charge in [-0.1, -0.05) is 72.2 Å². The highest BCUT2D eigenvalue weighted by atomic mass is 16.6.